The smallest absolute Gasteiger partial charge is 0.164 e. The molecule has 0 unspecified atom stereocenters. The molecule has 9 aromatic rings. The number of para-hydroxylation sites is 1. The van der Waals surface area contributed by atoms with Crippen molar-refractivity contribution in [2.45, 2.75) is 19.3 Å². The normalized spacial score (nSPS) is 13.3. The van der Waals surface area contributed by atoms with Crippen LogP contribution in [-0.2, 0) is 5.41 Å². The molecule has 0 aliphatic heterocycles. The summed E-state index contributed by atoms with van der Waals surface area (Å²) in [5.41, 5.74) is 16.7. The Morgan fingerprint density at radius 2 is 0.981 bits per heavy atom. The van der Waals surface area contributed by atoms with Gasteiger partial charge in [-0.3, -0.25) is 0 Å². The molecule has 2 aromatic heterocycles. The van der Waals surface area contributed by atoms with Crippen molar-refractivity contribution >= 4 is 21.8 Å². The zero-order valence-electron chi connectivity index (χ0n) is 28.8. The van der Waals surface area contributed by atoms with Gasteiger partial charge in [0.25, 0.3) is 0 Å². The van der Waals surface area contributed by atoms with Crippen LogP contribution >= 0.6 is 0 Å². The van der Waals surface area contributed by atoms with Gasteiger partial charge >= 0.3 is 0 Å². The van der Waals surface area contributed by atoms with E-state index in [1.165, 1.54) is 66.3 Å². The van der Waals surface area contributed by atoms with Gasteiger partial charge in [-0.1, -0.05) is 147 Å². The highest BCUT2D eigenvalue weighted by molar-refractivity contribution is 6.15. The lowest BCUT2D eigenvalue weighted by molar-refractivity contribution is 0.661. The molecule has 2 heterocycles. The second-order valence-corrected chi connectivity index (χ2v) is 14.4. The van der Waals surface area contributed by atoms with Crippen LogP contribution in [0, 0.1) is 0 Å². The molecule has 4 nitrogen and oxygen atoms in total. The minimum Gasteiger partial charge on any atom is -0.309 e. The van der Waals surface area contributed by atoms with E-state index in [1.54, 1.807) is 0 Å². The molecule has 52 heavy (non-hydrogen) atoms. The fraction of sp³-hybridized carbons (Fsp3) is 0.0625. The van der Waals surface area contributed by atoms with Crippen molar-refractivity contribution < 1.29 is 0 Å². The molecule has 4 heteroatoms. The maximum Gasteiger partial charge on any atom is 0.164 e. The van der Waals surface area contributed by atoms with Gasteiger partial charge in [-0.25, -0.2) is 15.0 Å². The average molecular weight is 665 g/mol. The summed E-state index contributed by atoms with van der Waals surface area (Å²) in [5.74, 6) is 1.99. The number of hydrogen-bond donors (Lipinski definition) is 0. The fourth-order valence-electron chi connectivity index (χ4n) is 8.74. The molecule has 11 rings (SSSR count). The van der Waals surface area contributed by atoms with Crippen molar-refractivity contribution in [2.24, 2.45) is 0 Å². The van der Waals surface area contributed by atoms with Gasteiger partial charge in [0.05, 0.1) is 16.7 Å². The Labute approximate surface area is 301 Å². The summed E-state index contributed by atoms with van der Waals surface area (Å²) in [6.45, 7) is 4.71. The van der Waals surface area contributed by atoms with Crippen LogP contribution in [0.3, 0.4) is 0 Å². The highest BCUT2D eigenvalue weighted by Gasteiger charge is 2.37. The quantitative estimate of drug-likeness (QED) is 0.188. The second-order valence-electron chi connectivity index (χ2n) is 14.4. The zero-order chi connectivity index (χ0) is 34.6. The molecule has 0 N–H and O–H groups in total. The van der Waals surface area contributed by atoms with E-state index in [4.69, 9.17) is 15.0 Å². The van der Waals surface area contributed by atoms with Gasteiger partial charge in [0.2, 0.25) is 0 Å². The molecule has 7 aromatic carbocycles. The highest BCUT2D eigenvalue weighted by atomic mass is 15.0. The number of benzene rings is 7. The molecule has 0 spiro atoms. The van der Waals surface area contributed by atoms with Gasteiger partial charge in [-0.2, -0.15) is 0 Å². The van der Waals surface area contributed by atoms with Crippen LogP contribution in [0.2, 0.25) is 0 Å². The molecule has 0 atom stereocenters. The first-order valence-corrected chi connectivity index (χ1v) is 17.9. The predicted octanol–water partition coefficient (Wildman–Crippen LogP) is 11.9. The fourth-order valence-corrected chi connectivity index (χ4v) is 8.74. The van der Waals surface area contributed by atoms with Crippen molar-refractivity contribution in [1.29, 1.82) is 0 Å². The molecule has 244 valence electrons. The van der Waals surface area contributed by atoms with E-state index in [9.17, 15) is 0 Å². The number of aromatic nitrogens is 4. The summed E-state index contributed by atoms with van der Waals surface area (Å²) >= 11 is 0. The number of hydrogen-bond acceptors (Lipinski definition) is 3. The SMILES string of the molecule is CC1(C)c2ccccc2-c2cc3c4ccccc4n(-c4cccc5c4-c4c(-c6nc(-c7ccccc7)nc(-c7ccccc7)n6)cccc4-5)c3cc21. The molecular formula is C48H32N4. The number of fused-ring (bicyclic) bond motifs is 10. The van der Waals surface area contributed by atoms with Crippen molar-refractivity contribution in [2.75, 3.05) is 0 Å². The monoisotopic (exact) mass is 664 g/mol. The third-order valence-corrected chi connectivity index (χ3v) is 11.2. The second kappa shape index (κ2) is 10.7. The van der Waals surface area contributed by atoms with Gasteiger partial charge in [0, 0.05) is 44.0 Å². The first kappa shape index (κ1) is 29.1. The summed E-state index contributed by atoms with van der Waals surface area (Å²) in [5, 5.41) is 2.52. The summed E-state index contributed by atoms with van der Waals surface area (Å²) in [6, 6.07) is 56.2. The van der Waals surface area contributed by atoms with Gasteiger partial charge < -0.3 is 4.57 Å². The van der Waals surface area contributed by atoms with E-state index in [0.29, 0.717) is 17.5 Å². The molecule has 0 saturated heterocycles. The lowest BCUT2D eigenvalue weighted by Crippen LogP contribution is -2.15. The third-order valence-electron chi connectivity index (χ3n) is 11.2. The molecule has 0 fully saturated rings. The first-order chi connectivity index (χ1) is 25.6. The van der Waals surface area contributed by atoms with E-state index >= 15 is 0 Å². The molecule has 2 aliphatic rings. The Morgan fingerprint density at radius 1 is 0.404 bits per heavy atom. The predicted molar refractivity (Wildman–Crippen MR) is 212 cm³/mol. The van der Waals surface area contributed by atoms with E-state index in [1.807, 2.05) is 36.4 Å². The molecule has 2 aliphatic carbocycles. The number of rotatable bonds is 4. The van der Waals surface area contributed by atoms with Crippen LogP contribution in [0.25, 0.3) is 95.0 Å². The van der Waals surface area contributed by atoms with Gasteiger partial charge in [0.15, 0.2) is 17.5 Å². The van der Waals surface area contributed by atoms with Crippen LogP contribution in [0.1, 0.15) is 25.0 Å². The van der Waals surface area contributed by atoms with Crippen molar-refractivity contribution in [3.05, 3.63) is 169 Å². The molecule has 0 amide bonds. The van der Waals surface area contributed by atoms with Crippen molar-refractivity contribution in [3.8, 4) is 73.2 Å². The van der Waals surface area contributed by atoms with Crippen molar-refractivity contribution in [1.82, 2.24) is 19.5 Å². The number of nitrogens with zero attached hydrogens (tertiary/aromatic N) is 4. The maximum absolute atomic E-state index is 5.15. The maximum atomic E-state index is 5.15. The minimum atomic E-state index is -0.103. The van der Waals surface area contributed by atoms with Gasteiger partial charge in [-0.15, -0.1) is 0 Å². The Bertz CT molecular complexity index is 2860. The Morgan fingerprint density at radius 3 is 1.73 bits per heavy atom. The van der Waals surface area contributed by atoms with Crippen molar-refractivity contribution in [3.63, 3.8) is 0 Å². The Hall–Kier alpha value is -6.65. The lowest BCUT2D eigenvalue weighted by Gasteiger charge is -2.30. The third kappa shape index (κ3) is 4.00. The molecule has 0 radical (unpaired) electrons. The van der Waals surface area contributed by atoms with Gasteiger partial charge in [0.1, 0.15) is 0 Å². The summed E-state index contributed by atoms with van der Waals surface area (Å²) in [7, 11) is 0. The molecule has 0 saturated carbocycles. The summed E-state index contributed by atoms with van der Waals surface area (Å²) in [6.07, 6.45) is 0. The molecule has 0 bridgehead atoms. The van der Waals surface area contributed by atoms with Crippen LogP contribution < -0.4 is 0 Å². The Balaban J connectivity index is 1.16. The lowest BCUT2D eigenvalue weighted by atomic mass is 9.76. The van der Waals surface area contributed by atoms with E-state index in [2.05, 4.69) is 140 Å². The first-order valence-electron chi connectivity index (χ1n) is 17.9. The van der Waals surface area contributed by atoms with Crippen LogP contribution in [0.15, 0.2) is 158 Å². The standard InChI is InChI=1S/C48H32N4/c1-48(2)38-24-11-9-19-31(38)36-27-37-32-20-10-12-25-40(32)52(42(37)28-39(36)48)41-26-14-22-34-33-21-13-23-35(43(33)44(34)41)47-50-45(29-15-5-3-6-16-29)49-46(51-47)30-17-7-4-8-18-30/h3-28H,1-2H3. The zero-order valence-corrected chi connectivity index (χ0v) is 28.8. The van der Waals surface area contributed by atoms with E-state index in [-0.39, 0.29) is 5.41 Å². The van der Waals surface area contributed by atoms with Gasteiger partial charge in [-0.05, 0) is 57.6 Å². The van der Waals surface area contributed by atoms with Crippen LogP contribution in [0.4, 0.5) is 0 Å². The van der Waals surface area contributed by atoms with E-state index < -0.39 is 0 Å². The highest BCUT2D eigenvalue weighted by Crippen LogP contribution is 2.56. The average Bonchev–Trinajstić information content (AvgIpc) is 3.64. The Kier molecular flexibility index (Phi) is 5.98. The van der Waals surface area contributed by atoms with Crippen LogP contribution in [0.5, 0.6) is 0 Å². The minimum absolute atomic E-state index is 0.103. The molecular weight excluding hydrogens is 633 g/mol. The summed E-state index contributed by atoms with van der Waals surface area (Å²) < 4.78 is 2.49. The summed E-state index contributed by atoms with van der Waals surface area (Å²) in [4.78, 5) is 15.3. The topological polar surface area (TPSA) is 43.6 Å². The van der Waals surface area contributed by atoms with Crippen LogP contribution in [-0.4, -0.2) is 19.5 Å². The largest absolute Gasteiger partial charge is 0.309 e. The van der Waals surface area contributed by atoms with E-state index in [0.717, 1.165) is 22.4 Å².